The summed E-state index contributed by atoms with van der Waals surface area (Å²) < 4.78 is 10.9. The molecule has 1 amide bonds. The van der Waals surface area contributed by atoms with Gasteiger partial charge in [0.2, 0.25) is 11.6 Å². The molecule has 13 nitrogen and oxygen atoms in total. The van der Waals surface area contributed by atoms with Gasteiger partial charge in [0, 0.05) is 0 Å². The van der Waals surface area contributed by atoms with Crippen LogP contribution in [0.2, 0.25) is 0 Å². The largest absolute Gasteiger partial charge is 0.482 e. The van der Waals surface area contributed by atoms with Crippen molar-refractivity contribution in [3.8, 4) is 11.6 Å². The van der Waals surface area contributed by atoms with Crippen LogP contribution in [-0.4, -0.2) is 55.1 Å². The third-order valence-corrected chi connectivity index (χ3v) is 3.78. The van der Waals surface area contributed by atoms with Gasteiger partial charge in [-0.15, -0.1) is 5.10 Å². The zero-order chi connectivity index (χ0) is 21.5. The molecule has 0 saturated heterocycles. The van der Waals surface area contributed by atoms with E-state index in [1.165, 1.54) is 10.9 Å². The number of nitrogen functional groups attached to an aromatic ring is 1. The second-order valence-electron chi connectivity index (χ2n) is 5.97. The number of nitrogens with one attached hydrogen (secondary N) is 1. The molecule has 4 N–H and O–H groups in total. The molecule has 0 saturated carbocycles. The minimum Gasteiger partial charge on any atom is -0.482 e. The number of carbonyl (C=O) groups excluding carboxylic acids is 1. The van der Waals surface area contributed by atoms with Crippen LogP contribution in [0, 0.1) is 0 Å². The van der Waals surface area contributed by atoms with Crippen molar-refractivity contribution in [3.63, 3.8) is 0 Å². The van der Waals surface area contributed by atoms with Crippen LogP contribution in [0.1, 0.15) is 35.1 Å². The number of hydrogen-bond donors (Lipinski definition) is 3. The Morgan fingerprint density at radius 3 is 2.73 bits per heavy atom. The number of amides is 1. The summed E-state index contributed by atoms with van der Waals surface area (Å²) in [6, 6.07) is 6.50. The molecule has 0 atom stereocenters. The summed E-state index contributed by atoms with van der Waals surface area (Å²) in [5, 5.41) is 27.5. The molecule has 2 heterocycles. The van der Waals surface area contributed by atoms with Crippen LogP contribution < -0.4 is 15.9 Å². The van der Waals surface area contributed by atoms with E-state index < -0.39 is 18.5 Å². The Morgan fingerprint density at radius 2 is 2.10 bits per heavy atom. The molecule has 13 heteroatoms. The number of hydrogen-bond acceptors (Lipinski definition) is 10. The van der Waals surface area contributed by atoms with Crippen LogP contribution in [-0.2, 0) is 11.2 Å². The predicted octanol–water partition coefficient (Wildman–Crippen LogP) is 0.412. The summed E-state index contributed by atoms with van der Waals surface area (Å²) >= 11 is 0. The Hall–Kier alpha value is -4.29. The number of aromatic nitrogens is 5. The highest BCUT2D eigenvalue weighted by molar-refractivity contribution is 5.94. The van der Waals surface area contributed by atoms with Gasteiger partial charge in [-0.05, 0) is 46.6 Å². The second kappa shape index (κ2) is 9.27. The highest BCUT2D eigenvalue weighted by Gasteiger charge is 2.23. The summed E-state index contributed by atoms with van der Waals surface area (Å²) in [6.45, 7) is 1.51. The van der Waals surface area contributed by atoms with Crippen molar-refractivity contribution in [3.05, 3.63) is 41.2 Å². The molecule has 2 aromatic heterocycles. The molecule has 0 spiro atoms. The van der Waals surface area contributed by atoms with Crippen molar-refractivity contribution in [2.24, 2.45) is 5.10 Å². The number of anilines is 1. The van der Waals surface area contributed by atoms with E-state index in [1.807, 2.05) is 6.92 Å². The molecular weight excluding hydrogens is 396 g/mol. The highest BCUT2D eigenvalue weighted by atomic mass is 16.6. The average Bonchev–Trinajstić information content (AvgIpc) is 3.33. The van der Waals surface area contributed by atoms with Crippen LogP contribution in [0.4, 0.5) is 5.82 Å². The van der Waals surface area contributed by atoms with E-state index in [4.69, 9.17) is 15.6 Å². The zero-order valence-electron chi connectivity index (χ0n) is 15.8. The SMILES string of the molecule is CCCc1c(C(=O)N/N=C/c2ccc(OCC(=O)O)cc2)nnn1-c1nonc1N. The molecular formula is C17H18N8O5. The minimum absolute atomic E-state index is 0.0259. The predicted molar refractivity (Wildman–Crippen MR) is 102 cm³/mol. The molecule has 0 unspecified atom stereocenters. The third kappa shape index (κ3) is 4.76. The number of benzene rings is 1. The number of hydrazone groups is 1. The topological polar surface area (TPSA) is 184 Å². The van der Waals surface area contributed by atoms with E-state index in [0.717, 1.165) is 6.42 Å². The number of ether oxygens (including phenoxy) is 1. The molecule has 0 fully saturated rings. The van der Waals surface area contributed by atoms with Crippen molar-refractivity contribution >= 4 is 23.9 Å². The first-order chi connectivity index (χ1) is 14.5. The van der Waals surface area contributed by atoms with E-state index >= 15 is 0 Å². The number of rotatable bonds is 9. The van der Waals surface area contributed by atoms with Crippen molar-refractivity contribution in [1.29, 1.82) is 0 Å². The monoisotopic (exact) mass is 414 g/mol. The Bertz CT molecular complexity index is 1060. The zero-order valence-corrected chi connectivity index (χ0v) is 15.8. The number of carboxylic acids is 1. The van der Waals surface area contributed by atoms with Gasteiger partial charge < -0.3 is 15.6 Å². The van der Waals surface area contributed by atoms with Gasteiger partial charge in [0.05, 0.1) is 11.9 Å². The maximum atomic E-state index is 12.5. The minimum atomic E-state index is -1.06. The Labute approximate surface area is 169 Å². The molecule has 0 radical (unpaired) electrons. The van der Waals surface area contributed by atoms with Crippen LogP contribution >= 0.6 is 0 Å². The molecule has 3 aromatic rings. The van der Waals surface area contributed by atoms with Gasteiger partial charge in [0.15, 0.2) is 12.3 Å². The highest BCUT2D eigenvalue weighted by Crippen LogP contribution is 2.17. The van der Waals surface area contributed by atoms with Gasteiger partial charge in [-0.1, -0.05) is 18.6 Å². The first kappa shape index (κ1) is 20.4. The van der Waals surface area contributed by atoms with Crippen molar-refractivity contribution in [1.82, 2.24) is 30.7 Å². The van der Waals surface area contributed by atoms with E-state index in [1.54, 1.807) is 24.3 Å². The van der Waals surface area contributed by atoms with Crippen molar-refractivity contribution in [2.45, 2.75) is 19.8 Å². The average molecular weight is 414 g/mol. The molecule has 0 bridgehead atoms. The molecule has 0 aliphatic heterocycles. The van der Waals surface area contributed by atoms with E-state index in [9.17, 15) is 9.59 Å². The Kier molecular flexibility index (Phi) is 6.32. The number of aliphatic carboxylic acids is 1. The van der Waals surface area contributed by atoms with Crippen molar-refractivity contribution in [2.75, 3.05) is 12.3 Å². The maximum Gasteiger partial charge on any atom is 0.341 e. The van der Waals surface area contributed by atoms with Gasteiger partial charge in [0.1, 0.15) is 5.75 Å². The smallest absolute Gasteiger partial charge is 0.341 e. The quantitative estimate of drug-likeness (QED) is 0.327. The maximum absolute atomic E-state index is 12.5. The fraction of sp³-hybridized carbons (Fsp3) is 0.235. The molecule has 30 heavy (non-hydrogen) atoms. The lowest BCUT2D eigenvalue weighted by Crippen LogP contribution is -2.20. The van der Waals surface area contributed by atoms with E-state index in [2.05, 4.69) is 35.8 Å². The van der Waals surface area contributed by atoms with Gasteiger partial charge >= 0.3 is 5.97 Å². The standard InChI is InChI=1S/C17H18N8O5/c1-2-3-12-14(20-24-25(12)16-15(18)22-30-23-16)17(28)21-19-8-10-4-6-11(7-5-10)29-9-13(26)27/h4-8H,2-3,9H2,1H3,(H2,18,22)(H,21,28)(H,26,27)/b19-8+. The normalized spacial score (nSPS) is 11.0. The fourth-order valence-corrected chi connectivity index (χ4v) is 2.46. The lowest BCUT2D eigenvalue weighted by atomic mass is 10.2. The Morgan fingerprint density at radius 1 is 1.33 bits per heavy atom. The lowest BCUT2D eigenvalue weighted by molar-refractivity contribution is -0.139. The third-order valence-electron chi connectivity index (χ3n) is 3.78. The van der Waals surface area contributed by atoms with Crippen LogP contribution in [0.25, 0.3) is 5.82 Å². The van der Waals surface area contributed by atoms with Gasteiger partial charge in [-0.2, -0.15) is 9.78 Å². The Balaban J connectivity index is 1.68. The summed E-state index contributed by atoms with van der Waals surface area (Å²) in [6.07, 6.45) is 2.63. The molecule has 1 aromatic carbocycles. The lowest BCUT2D eigenvalue weighted by Gasteiger charge is -2.04. The molecule has 156 valence electrons. The number of nitrogens with two attached hydrogens (primary N) is 1. The van der Waals surface area contributed by atoms with E-state index in [-0.39, 0.29) is 17.3 Å². The first-order valence-corrected chi connectivity index (χ1v) is 8.80. The van der Waals surface area contributed by atoms with Crippen molar-refractivity contribution < 1.29 is 24.1 Å². The number of nitrogens with zero attached hydrogens (tertiary/aromatic N) is 6. The van der Waals surface area contributed by atoms with Gasteiger partial charge in [-0.3, -0.25) is 4.79 Å². The van der Waals surface area contributed by atoms with E-state index in [0.29, 0.717) is 23.4 Å². The van der Waals surface area contributed by atoms with Gasteiger partial charge in [-0.25, -0.2) is 14.8 Å². The van der Waals surface area contributed by atoms with Crippen LogP contribution in [0.5, 0.6) is 5.75 Å². The molecule has 3 rings (SSSR count). The first-order valence-electron chi connectivity index (χ1n) is 8.80. The summed E-state index contributed by atoms with van der Waals surface area (Å²) in [5.74, 6) is -1.04. The molecule has 0 aliphatic rings. The summed E-state index contributed by atoms with van der Waals surface area (Å²) in [7, 11) is 0. The number of carboxylic acid groups (broad SMARTS) is 1. The fourth-order valence-electron chi connectivity index (χ4n) is 2.46. The second-order valence-corrected chi connectivity index (χ2v) is 5.97. The van der Waals surface area contributed by atoms with Gasteiger partial charge in [0.25, 0.3) is 5.91 Å². The molecule has 0 aliphatic carbocycles. The number of carbonyl (C=O) groups is 2. The van der Waals surface area contributed by atoms with Crippen LogP contribution in [0.15, 0.2) is 34.0 Å². The summed E-state index contributed by atoms with van der Waals surface area (Å²) in [5.41, 5.74) is 9.32. The summed E-state index contributed by atoms with van der Waals surface area (Å²) in [4.78, 5) is 23.0. The van der Waals surface area contributed by atoms with Crippen LogP contribution in [0.3, 0.4) is 0 Å².